The number of carbonyl (C=O) groups is 3. The molecule has 1 aliphatic heterocycles. The lowest BCUT2D eigenvalue weighted by molar-refractivity contribution is -0.136. The Hall–Kier alpha value is -2.32. The normalized spacial score (nSPS) is 16.1. The van der Waals surface area contributed by atoms with Crippen LogP contribution in [0.2, 0.25) is 0 Å². The lowest BCUT2D eigenvalue weighted by atomic mass is 10.2. The molecule has 0 radical (unpaired) electrons. The maximum absolute atomic E-state index is 11.3. The molecule has 0 bridgehead atoms. The molecule has 0 saturated carbocycles. The highest BCUT2D eigenvalue weighted by Gasteiger charge is 2.22. The predicted molar refractivity (Wildman–Crippen MR) is 64.3 cm³/mol. The molecule has 8 heteroatoms. The van der Waals surface area contributed by atoms with Crippen molar-refractivity contribution in [3.8, 4) is 0 Å². The van der Waals surface area contributed by atoms with Crippen molar-refractivity contribution in [1.29, 1.82) is 0 Å². The number of aromatic nitrogens is 1. The number of hydrazine groups is 1. The molecule has 1 fully saturated rings. The SMILES string of the molecule is NNC(=O)c1cccc(CN2CC(=O)NC(=O)C2)n1. The first-order chi connectivity index (χ1) is 9.08. The first-order valence-electron chi connectivity index (χ1n) is 5.60. The van der Waals surface area contributed by atoms with E-state index < -0.39 is 5.91 Å². The van der Waals surface area contributed by atoms with E-state index in [0.717, 1.165) is 0 Å². The van der Waals surface area contributed by atoms with Gasteiger partial charge in [0.1, 0.15) is 5.69 Å². The number of nitrogen functional groups attached to an aromatic ring is 1. The zero-order valence-corrected chi connectivity index (χ0v) is 10.0. The number of imide groups is 1. The quantitative estimate of drug-likeness (QED) is 0.255. The molecule has 100 valence electrons. The molecule has 8 nitrogen and oxygen atoms in total. The fraction of sp³-hybridized carbons (Fsp3) is 0.273. The van der Waals surface area contributed by atoms with Gasteiger partial charge in [-0.1, -0.05) is 6.07 Å². The van der Waals surface area contributed by atoms with Gasteiger partial charge in [-0.15, -0.1) is 0 Å². The molecule has 0 aliphatic carbocycles. The molecule has 0 atom stereocenters. The van der Waals surface area contributed by atoms with E-state index in [2.05, 4.69) is 10.3 Å². The van der Waals surface area contributed by atoms with Crippen LogP contribution < -0.4 is 16.6 Å². The van der Waals surface area contributed by atoms with Crippen molar-refractivity contribution in [2.75, 3.05) is 13.1 Å². The van der Waals surface area contributed by atoms with Gasteiger partial charge in [-0.05, 0) is 12.1 Å². The first-order valence-corrected chi connectivity index (χ1v) is 5.60. The van der Waals surface area contributed by atoms with Gasteiger partial charge in [-0.25, -0.2) is 10.8 Å². The van der Waals surface area contributed by atoms with Crippen LogP contribution >= 0.6 is 0 Å². The van der Waals surface area contributed by atoms with Crippen LogP contribution in [0, 0.1) is 0 Å². The highest BCUT2D eigenvalue weighted by molar-refractivity contribution is 5.99. The van der Waals surface area contributed by atoms with Gasteiger partial charge in [0.15, 0.2) is 0 Å². The number of amides is 3. The molecule has 1 aliphatic rings. The molecule has 1 saturated heterocycles. The summed E-state index contributed by atoms with van der Waals surface area (Å²) in [5.41, 5.74) is 2.77. The van der Waals surface area contributed by atoms with E-state index in [0.29, 0.717) is 12.2 Å². The van der Waals surface area contributed by atoms with E-state index in [1.54, 1.807) is 17.0 Å². The summed E-state index contributed by atoms with van der Waals surface area (Å²) in [7, 11) is 0. The summed E-state index contributed by atoms with van der Waals surface area (Å²) in [6, 6.07) is 4.91. The number of piperazine rings is 1. The maximum atomic E-state index is 11.3. The van der Waals surface area contributed by atoms with E-state index >= 15 is 0 Å². The number of pyridine rings is 1. The van der Waals surface area contributed by atoms with Crippen molar-refractivity contribution in [1.82, 2.24) is 20.6 Å². The van der Waals surface area contributed by atoms with Gasteiger partial charge in [0.05, 0.1) is 18.8 Å². The number of nitrogens with two attached hydrogens (primary N) is 1. The fourth-order valence-corrected chi connectivity index (χ4v) is 1.81. The molecule has 1 aromatic heterocycles. The molecule has 3 amide bonds. The Morgan fingerprint density at radius 1 is 1.37 bits per heavy atom. The smallest absolute Gasteiger partial charge is 0.283 e. The van der Waals surface area contributed by atoms with Crippen LogP contribution in [0.25, 0.3) is 0 Å². The minimum absolute atomic E-state index is 0.126. The van der Waals surface area contributed by atoms with Crippen molar-refractivity contribution in [3.63, 3.8) is 0 Å². The average Bonchev–Trinajstić information content (AvgIpc) is 2.37. The van der Waals surface area contributed by atoms with Gasteiger partial charge >= 0.3 is 0 Å². The summed E-state index contributed by atoms with van der Waals surface area (Å²) in [5.74, 6) is 3.85. The lowest BCUT2D eigenvalue weighted by Crippen LogP contribution is -2.51. The molecule has 2 heterocycles. The third-order valence-electron chi connectivity index (χ3n) is 2.57. The number of rotatable bonds is 3. The monoisotopic (exact) mass is 263 g/mol. The summed E-state index contributed by atoms with van der Waals surface area (Å²) >= 11 is 0. The number of nitrogens with one attached hydrogen (secondary N) is 2. The van der Waals surface area contributed by atoms with Gasteiger partial charge in [0.25, 0.3) is 5.91 Å². The maximum Gasteiger partial charge on any atom is 0.283 e. The van der Waals surface area contributed by atoms with E-state index in [9.17, 15) is 14.4 Å². The third kappa shape index (κ3) is 3.33. The lowest BCUT2D eigenvalue weighted by Gasteiger charge is -2.24. The number of hydrogen-bond donors (Lipinski definition) is 3. The second-order valence-electron chi connectivity index (χ2n) is 4.10. The summed E-state index contributed by atoms with van der Waals surface area (Å²) in [6.07, 6.45) is 0. The van der Waals surface area contributed by atoms with E-state index in [1.807, 2.05) is 5.43 Å². The van der Waals surface area contributed by atoms with Crippen molar-refractivity contribution in [3.05, 3.63) is 29.6 Å². The van der Waals surface area contributed by atoms with E-state index in [4.69, 9.17) is 5.84 Å². The molecule has 0 aromatic carbocycles. The minimum Gasteiger partial charge on any atom is -0.294 e. The van der Waals surface area contributed by atoms with Crippen LogP contribution in [-0.4, -0.2) is 40.7 Å². The average molecular weight is 263 g/mol. The van der Waals surface area contributed by atoms with Crippen LogP contribution in [0.3, 0.4) is 0 Å². The van der Waals surface area contributed by atoms with Crippen molar-refractivity contribution in [2.45, 2.75) is 6.54 Å². The first kappa shape index (κ1) is 13.1. The van der Waals surface area contributed by atoms with E-state index in [-0.39, 0.29) is 30.6 Å². The van der Waals surface area contributed by atoms with Crippen LogP contribution in [0.1, 0.15) is 16.2 Å². The topological polar surface area (TPSA) is 117 Å². The Kier molecular flexibility index (Phi) is 3.83. The molecular formula is C11H13N5O3. The van der Waals surface area contributed by atoms with Crippen molar-refractivity contribution in [2.24, 2.45) is 5.84 Å². The standard InChI is InChI=1S/C11H13N5O3/c12-15-11(19)8-3-1-2-7(13-8)4-16-5-9(17)14-10(18)6-16/h1-3H,4-6,12H2,(H,15,19)(H,14,17,18). The Bertz CT molecular complexity index is 515. The summed E-state index contributed by atoms with van der Waals surface area (Å²) in [5, 5.41) is 2.21. The fourth-order valence-electron chi connectivity index (χ4n) is 1.81. The van der Waals surface area contributed by atoms with Crippen LogP contribution in [0.5, 0.6) is 0 Å². The highest BCUT2D eigenvalue weighted by Crippen LogP contribution is 2.05. The minimum atomic E-state index is -0.491. The van der Waals surface area contributed by atoms with Crippen molar-refractivity contribution < 1.29 is 14.4 Å². The van der Waals surface area contributed by atoms with Crippen LogP contribution in [0.4, 0.5) is 0 Å². The largest absolute Gasteiger partial charge is 0.294 e. The Balaban J connectivity index is 2.08. The van der Waals surface area contributed by atoms with Crippen LogP contribution in [0.15, 0.2) is 18.2 Å². The second-order valence-corrected chi connectivity index (χ2v) is 4.10. The number of carbonyl (C=O) groups excluding carboxylic acids is 3. The molecule has 2 rings (SSSR count). The molecule has 1 aromatic rings. The molecule has 0 unspecified atom stereocenters. The predicted octanol–water partition coefficient (Wildman–Crippen LogP) is -1.86. The second kappa shape index (κ2) is 5.55. The van der Waals surface area contributed by atoms with Gasteiger partial charge in [0.2, 0.25) is 11.8 Å². The number of hydrogen-bond acceptors (Lipinski definition) is 6. The highest BCUT2D eigenvalue weighted by atomic mass is 16.2. The Labute approximate surface area is 108 Å². The van der Waals surface area contributed by atoms with Gasteiger partial charge in [-0.3, -0.25) is 30.0 Å². The van der Waals surface area contributed by atoms with Gasteiger partial charge < -0.3 is 0 Å². The summed E-state index contributed by atoms with van der Waals surface area (Å²) in [4.78, 5) is 39.5. The number of nitrogens with zero attached hydrogens (tertiary/aromatic N) is 2. The van der Waals surface area contributed by atoms with E-state index in [1.165, 1.54) is 6.07 Å². The summed E-state index contributed by atoms with van der Waals surface area (Å²) < 4.78 is 0. The molecule has 4 N–H and O–H groups in total. The zero-order valence-electron chi connectivity index (χ0n) is 10.0. The Morgan fingerprint density at radius 3 is 2.68 bits per heavy atom. The van der Waals surface area contributed by atoms with Gasteiger partial charge in [-0.2, -0.15) is 0 Å². The zero-order chi connectivity index (χ0) is 13.8. The molecule has 0 spiro atoms. The molecular weight excluding hydrogens is 250 g/mol. The van der Waals surface area contributed by atoms with Crippen molar-refractivity contribution >= 4 is 17.7 Å². The van der Waals surface area contributed by atoms with Gasteiger partial charge in [0, 0.05) is 6.54 Å². The third-order valence-corrected chi connectivity index (χ3v) is 2.57. The Morgan fingerprint density at radius 2 is 2.05 bits per heavy atom. The van der Waals surface area contributed by atoms with Crippen LogP contribution in [-0.2, 0) is 16.1 Å². The summed E-state index contributed by atoms with van der Waals surface area (Å²) in [6.45, 7) is 0.562. The molecule has 19 heavy (non-hydrogen) atoms.